The molecule has 0 saturated heterocycles. The van der Waals surface area contributed by atoms with Gasteiger partial charge in [0.15, 0.2) is 5.82 Å². The maximum absolute atomic E-state index is 9.00. The maximum atomic E-state index is 9.00. The number of nitrogens with zero attached hydrogens (tertiary/aromatic N) is 5. The second-order valence-corrected chi connectivity index (χ2v) is 3.97. The van der Waals surface area contributed by atoms with E-state index in [0.29, 0.717) is 5.82 Å². The van der Waals surface area contributed by atoms with Crippen LogP contribution >= 0.6 is 0 Å². The lowest BCUT2D eigenvalue weighted by atomic mass is 10.3. The summed E-state index contributed by atoms with van der Waals surface area (Å²) in [4.78, 5) is 4.26. The van der Waals surface area contributed by atoms with Crippen molar-refractivity contribution in [3.8, 4) is 0 Å². The average Bonchev–Trinajstić information content (AvgIpc) is 3.08. The lowest BCUT2D eigenvalue weighted by Crippen LogP contribution is -2.29. The number of rotatable bonds is 3. The Morgan fingerprint density at radius 3 is 2.89 bits per heavy atom. The van der Waals surface area contributed by atoms with E-state index in [-0.39, 0.29) is 6.61 Å². The highest BCUT2D eigenvalue weighted by Crippen LogP contribution is 2.25. The summed E-state index contributed by atoms with van der Waals surface area (Å²) in [6.07, 6.45) is 6.74. The summed E-state index contributed by atoms with van der Waals surface area (Å²) in [5.41, 5.74) is 5.33. The van der Waals surface area contributed by atoms with E-state index in [9.17, 15) is 0 Å². The van der Waals surface area contributed by atoms with Crippen molar-refractivity contribution in [2.75, 3.05) is 5.01 Å². The Morgan fingerprint density at radius 1 is 1.37 bits per heavy atom. The van der Waals surface area contributed by atoms with Crippen LogP contribution in [0.4, 0.5) is 5.82 Å². The highest BCUT2D eigenvalue weighted by Gasteiger charge is 2.22. The zero-order valence-electron chi connectivity index (χ0n) is 10.1. The van der Waals surface area contributed by atoms with E-state index < -0.39 is 0 Å². The third kappa shape index (κ3) is 1.95. The Balaban J connectivity index is 1.83. The van der Waals surface area contributed by atoms with Crippen LogP contribution in [0.5, 0.6) is 0 Å². The zero-order chi connectivity index (χ0) is 13.2. The number of aliphatic hydroxyl groups excluding tert-OH is 1. The van der Waals surface area contributed by atoms with Gasteiger partial charge >= 0.3 is 0 Å². The van der Waals surface area contributed by atoms with Crippen LogP contribution in [0.15, 0.2) is 49.2 Å². The largest absolute Gasteiger partial charge is 0.392 e. The Hall–Kier alpha value is -2.67. The van der Waals surface area contributed by atoms with Crippen LogP contribution in [0.1, 0.15) is 5.56 Å². The first-order valence-corrected chi connectivity index (χ1v) is 5.68. The van der Waals surface area contributed by atoms with Gasteiger partial charge in [0.05, 0.1) is 24.7 Å². The molecule has 2 aromatic rings. The topological polar surface area (TPSA) is 79.1 Å². The molecule has 0 bridgehead atoms. The van der Waals surface area contributed by atoms with Gasteiger partial charge in [-0.15, -0.1) is 5.10 Å². The predicted molar refractivity (Wildman–Crippen MR) is 69.2 cm³/mol. The van der Waals surface area contributed by atoms with E-state index in [2.05, 4.69) is 27.3 Å². The van der Waals surface area contributed by atoms with Gasteiger partial charge in [0.2, 0.25) is 0 Å². The van der Waals surface area contributed by atoms with Crippen LogP contribution in [0.25, 0.3) is 5.70 Å². The summed E-state index contributed by atoms with van der Waals surface area (Å²) in [7, 11) is 0. The smallest absolute Gasteiger partial charge is 0.151 e. The van der Waals surface area contributed by atoms with Crippen LogP contribution in [0, 0.1) is 0 Å². The molecule has 96 valence electrons. The van der Waals surface area contributed by atoms with E-state index in [4.69, 9.17) is 5.11 Å². The van der Waals surface area contributed by atoms with E-state index in [1.807, 2.05) is 12.1 Å². The van der Waals surface area contributed by atoms with Gasteiger partial charge in [-0.2, -0.15) is 0 Å². The van der Waals surface area contributed by atoms with Crippen LogP contribution in [-0.2, 0) is 6.61 Å². The second-order valence-electron chi connectivity index (χ2n) is 3.97. The molecule has 0 saturated carbocycles. The first-order valence-electron chi connectivity index (χ1n) is 5.68. The molecule has 0 radical (unpaired) electrons. The Bertz CT molecular complexity index is 616. The molecule has 0 unspecified atom stereocenters. The fraction of sp³-hybridized carbons (Fsp3) is 0.0833. The van der Waals surface area contributed by atoms with Crippen molar-refractivity contribution in [1.82, 2.24) is 25.4 Å². The fourth-order valence-corrected chi connectivity index (χ4v) is 1.78. The van der Waals surface area contributed by atoms with Gasteiger partial charge in [-0.1, -0.05) is 17.9 Å². The third-order valence-corrected chi connectivity index (χ3v) is 2.79. The minimum Gasteiger partial charge on any atom is -0.392 e. The summed E-state index contributed by atoms with van der Waals surface area (Å²) in [5, 5.41) is 18.4. The number of hydrogen-bond acceptors (Lipinski definition) is 6. The van der Waals surface area contributed by atoms with Gasteiger partial charge in [0, 0.05) is 12.4 Å². The van der Waals surface area contributed by atoms with Crippen molar-refractivity contribution in [3.63, 3.8) is 0 Å². The van der Waals surface area contributed by atoms with Gasteiger partial charge in [-0.3, -0.25) is 5.43 Å². The van der Waals surface area contributed by atoms with Crippen LogP contribution < -0.4 is 10.4 Å². The van der Waals surface area contributed by atoms with Gasteiger partial charge in [-0.05, 0) is 11.6 Å². The molecule has 3 heterocycles. The van der Waals surface area contributed by atoms with Crippen molar-refractivity contribution >= 4 is 11.5 Å². The molecule has 0 aromatic carbocycles. The summed E-state index contributed by atoms with van der Waals surface area (Å²) in [6, 6.07) is 3.62. The number of anilines is 1. The molecule has 0 atom stereocenters. The van der Waals surface area contributed by atoms with E-state index in [1.165, 1.54) is 0 Å². The Kier molecular flexibility index (Phi) is 2.73. The Labute approximate surface area is 109 Å². The van der Waals surface area contributed by atoms with Crippen molar-refractivity contribution < 1.29 is 5.11 Å². The molecule has 1 aliphatic rings. The number of allylic oxidation sites excluding steroid dienone is 1. The number of aromatic nitrogens is 4. The van der Waals surface area contributed by atoms with E-state index in [0.717, 1.165) is 17.0 Å². The molecular weight excluding hydrogens is 244 g/mol. The minimum absolute atomic E-state index is 0.0237. The number of nitrogens with one attached hydrogen (secondary N) is 1. The SMILES string of the molecule is C=C1C(n2ccnn2)=CNN1c1ccc(CO)cn1. The number of aliphatic hydroxyl groups is 1. The number of hydrogen-bond donors (Lipinski definition) is 2. The molecule has 7 nitrogen and oxygen atoms in total. The monoisotopic (exact) mass is 256 g/mol. The maximum Gasteiger partial charge on any atom is 0.151 e. The Morgan fingerprint density at radius 2 is 2.26 bits per heavy atom. The first kappa shape index (κ1) is 11.4. The highest BCUT2D eigenvalue weighted by molar-refractivity contribution is 5.73. The zero-order valence-corrected chi connectivity index (χ0v) is 10.1. The lowest BCUT2D eigenvalue weighted by molar-refractivity contribution is 0.281. The molecule has 19 heavy (non-hydrogen) atoms. The molecule has 1 aliphatic heterocycles. The van der Waals surface area contributed by atoms with Crippen LogP contribution in [-0.4, -0.2) is 25.1 Å². The molecule has 7 heteroatoms. The van der Waals surface area contributed by atoms with Crippen molar-refractivity contribution in [3.05, 3.63) is 54.8 Å². The van der Waals surface area contributed by atoms with Gasteiger partial charge in [-0.25, -0.2) is 14.7 Å². The van der Waals surface area contributed by atoms with Gasteiger partial charge in [0.25, 0.3) is 0 Å². The average molecular weight is 256 g/mol. The van der Waals surface area contributed by atoms with Crippen molar-refractivity contribution in [2.45, 2.75) is 6.61 Å². The molecule has 2 aromatic heterocycles. The third-order valence-electron chi connectivity index (χ3n) is 2.79. The molecule has 0 fully saturated rings. The summed E-state index contributed by atoms with van der Waals surface area (Å²) < 4.78 is 1.62. The van der Waals surface area contributed by atoms with E-state index in [1.54, 1.807) is 34.5 Å². The summed E-state index contributed by atoms with van der Waals surface area (Å²) >= 11 is 0. The van der Waals surface area contributed by atoms with Crippen molar-refractivity contribution in [1.29, 1.82) is 0 Å². The van der Waals surface area contributed by atoms with Crippen LogP contribution in [0.2, 0.25) is 0 Å². The highest BCUT2D eigenvalue weighted by atomic mass is 16.3. The molecule has 0 aliphatic carbocycles. The molecule has 0 amide bonds. The van der Waals surface area contributed by atoms with Gasteiger partial charge < -0.3 is 5.11 Å². The van der Waals surface area contributed by atoms with Gasteiger partial charge in [0.1, 0.15) is 5.70 Å². The molecule has 0 spiro atoms. The lowest BCUT2D eigenvalue weighted by Gasteiger charge is -2.19. The molecular formula is C12H12N6O. The standard InChI is InChI=1S/C12H12N6O/c1-9-11(17-5-4-14-16-17)7-15-18(9)12-3-2-10(8-19)6-13-12/h2-7,15,19H,1,8H2. The second kappa shape index (κ2) is 4.54. The first-order chi connectivity index (χ1) is 9.29. The number of pyridine rings is 1. The summed E-state index contributed by atoms with van der Waals surface area (Å²) in [6.45, 7) is 3.99. The van der Waals surface area contributed by atoms with E-state index >= 15 is 0 Å². The fourth-order valence-electron chi connectivity index (χ4n) is 1.78. The molecule has 2 N–H and O–H groups in total. The minimum atomic E-state index is -0.0237. The predicted octanol–water partition coefficient (Wildman–Crippen LogP) is 0.502. The molecule has 3 rings (SSSR count). The normalized spacial score (nSPS) is 14.5. The van der Waals surface area contributed by atoms with Crippen LogP contribution in [0.3, 0.4) is 0 Å². The summed E-state index contributed by atoms with van der Waals surface area (Å²) in [5.74, 6) is 0.688. The quantitative estimate of drug-likeness (QED) is 0.832. The van der Waals surface area contributed by atoms with Crippen molar-refractivity contribution in [2.24, 2.45) is 0 Å². The number of hydrazine groups is 1.